The average Bonchev–Trinajstić information content (AvgIpc) is 3.10. The van der Waals surface area contributed by atoms with Crippen molar-refractivity contribution in [3.05, 3.63) is 24.1 Å². The third kappa shape index (κ3) is 4.93. The molecule has 2 heterocycles. The number of amides is 1. The quantitative estimate of drug-likeness (QED) is 0.865. The summed E-state index contributed by atoms with van der Waals surface area (Å²) in [6.45, 7) is 6.88. The Bertz CT molecular complexity index is 739. The number of hydrogen-bond acceptors (Lipinski definition) is 5. The van der Waals surface area contributed by atoms with Crippen molar-refractivity contribution in [3.8, 4) is 0 Å². The molecule has 1 aromatic carbocycles. The van der Waals surface area contributed by atoms with E-state index in [2.05, 4.69) is 31.1 Å². The molecule has 3 rings (SSSR count). The summed E-state index contributed by atoms with van der Waals surface area (Å²) >= 11 is 0. The van der Waals surface area contributed by atoms with Gasteiger partial charge in [0.15, 0.2) is 11.5 Å². The molecule has 0 spiro atoms. The predicted octanol–water partition coefficient (Wildman–Crippen LogP) is 3.28. The maximum Gasteiger partial charge on any atom is 0.253 e. The van der Waals surface area contributed by atoms with E-state index in [9.17, 15) is 4.79 Å². The third-order valence-corrected chi connectivity index (χ3v) is 4.04. The number of aromatic nitrogens is 1. The van der Waals surface area contributed by atoms with Gasteiger partial charge in [-0.1, -0.05) is 20.8 Å². The second-order valence-corrected chi connectivity index (χ2v) is 7.58. The van der Waals surface area contributed by atoms with Crippen molar-refractivity contribution in [1.82, 2.24) is 4.98 Å². The number of nitrogens with one attached hydrogen (secondary N) is 1. The third-order valence-electron chi connectivity index (χ3n) is 4.04. The number of ether oxygens (including phenoxy) is 1. The zero-order chi connectivity index (χ0) is 17.3. The summed E-state index contributed by atoms with van der Waals surface area (Å²) in [6, 6.07) is 5.49. The van der Waals surface area contributed by atoms with Gasteiger partial charge in [-0.2, -0.15) is 0 Å². The van der Waals surface area contributed by atoms with Crippen LogP contribution in [-0.2, 0) is 16.0 Å². The Balaban J connectivity index is 0.00000225. The molecule has 1 saturated heterocycles. The molecule has 1 fully saturated rings. The fraction of sp³-hybridized carbons (Fsp3) is 0.556. The van der Waals surface area contributed by atoms with Crippen molar-refractivity contribution in [2.45, 2.75) is 52.2 Å². The molecule has 2 atom stereocenters. The highest BCUT2D eigenvalue weighted by atomic mass is 35.5. The van der Waals surface area contributed by atoms with Gasteiger partial charge in [0.2, 0.25) is 0 Å². The molecule has 0 radical (unpaired) electrons. The second-order valence-electron chi connectivity index (χ2n) is 7.58. The molecule has 0 unspecified atom stereocenters. The topological polar surface area (TPSA) is 90.4 Å². The van der Waals surface area contributed by atoms with E-state index in [-0.39, 0.29) is 29.8 Å². The van der Waals surface area contributed by atoms with Crippen molar-refractivity contribution < 1.29 is 13.9 Å². The van der Waals surface area contributed by atoms with Gasteiger partial charge in [-0.25, -0.2) is 4.98 Å². The molecule has 7 heteroatoms. The van der Waals surface area contributed by atoms with Crippen molar-refractivity contribution in [2.75, 3.05) is 11.9 Å². The first kappa shape index (κ1) is 19.7. The molecule has 6 nitrogen and oxygen atoms in total. The number of nitrogens with two attached hydrogens (primary N) is 1. The van der Waals surface area contributed by atoms with Crippen molar-refractivity contribution in [3.63, 3.8) is 0 Å². The van der Waals surface area contributed by atoms with Gasteiger partial charge < -0.3 is 20.2 Å². The molecule has 1 amide bonds. The SMILES string of the molecule is CC(C)(C)Cc1nc2cc(NC(=O)[C@@H]3CC[C@H](CN)O3)ccc2o1.Cl. The lowest BCUT2D eigenvalue weighted by Gasteiger charge is -2.14. The molecule has 25 heavy (non-hydrogen) atoms. The van der Waals surface area contributed by atoms with Crippen molar-refractivity contribution in [1.29, 1.82) is 0 Å². The largest absolute Gasteiger partial charge is 0.441 e. The zero-order valence-electron chi connectivity index (χ0n) is 14.9. The zero-order valence-corrected chi connectivity index (χ0v) is 15.7. The lowest BCUT2D eigenvalue weighted by molar-refractivity contribution is -0.126. The molecule has 1 aliphatic heterocycles. The molecule has 1 aliphatic rings. The average molecular weight is 368 g/mol. The van der Waals surface area contributed by atoms with E-state index in [0.29, 0.717) is 24.5 Å². The van der Waals surface area contributed by atoms with Crippen LogP contribution in [0.15, 0.2) is 22.6 Å². The highest BCUT2D eigenvalue weighted by Crippen LogP contribution is 2.26. The number of halogens is 1. The van der Waals surface area contributed by atoms with Crippen molar-refractivity contribution in [2.24, 2.45) is 11.1 Å². The van der Waals surface area contributed by atoms with Crippen LogP contribution in [0.5, 0.6) is 0 Å². The van der Waals surface area contributed by atoms with Gasteiger partial charge in [-0.05, 0) is 36.5 Å². The van der Waals surface area contributed by atoms with Gasteiger partial charge in [-0.15, -0.1) is 12.4 Å². The molecular formula is C18H26ClN3O3. The first-order chi connectivity index (χ1) is 11.3. The van der Waals surface area contributed by atoms with Crippen LogP contribution >= 0.6 is 12.4 Å². The molecular weight excluding hydrogens is 342 g/mol. The fourth-order valence-electron chi connectivity index (χ4n) is 2.88. The monoisotopic (exact) mass is 367 g/mol. The summed E-state index contributed by atoms with van der Waals surface area (Å²) < 4.78 is 11.4. The van der Waals surface area contributed by atoms with Gasteiger partial charge in [0.05, 0.1) is 6.10 Å². The second kappa shape index (κ2) is 7.72. The van der Waals surface area contributed by atoms with Gasteiger partial charge >= 0.3 is 0 Å². The van der Waals surface area contributed by atoms with Gasteiger partial charge in [0.25, 0.3) is 5.91 Å². The van der Waals surface area contributed by atoms with Crippen LogP contribution in [0.4, 0.5) is 5.69 Å². The molecule has 1 aromatic heterocycles. The van der Waals surface area contributed by atoms with Gasteiger partial charge in [0, 0.05) is 18.7 Å². The number of carbonyl (C=O) groups is 1. The number of fused-ring (bicyclic) bond motifs is 1. The fourth-order valence-corrected chi connectivity index (χ4v) is 2.88. The standard InChI is InChI=1S/C18H25N3O3.ClH/c1-18(2,3)9-16-21-13-8-11(4-6-14(13)24-16)20-17(22)15-7-5-12(10-19)23-15;/h4,6,8,12,15H,5,7,9-10,19H2,1-3H3,(H,20,22);1H/t12-,15+;/m1./s1. The van der Waals surface area contributed by atoms with Crippen LogP contribution in [0.3, 0.4) is 0 Å². The van der Waals surface area contributed by atoms with Crippen LogP contribution < -0.4 is 11.1 Å². The van der Waals surface area contributed by atoms with Crippen LogP contribution in [0.1, 0.15) is 39.5 Å². The summed E-state index contributed by atoms with van der Waals surface area (Å²) in [4.78, 5) is 16.8. The maximum absolute atomic E-state index is 12.3. The van der Waals surface area contributed by atoms with E-state index in [1.54, 1.807) is 0 Å². The Morgan fingerprint density at radius 3 is 2.76 bits per heavy atom. The Morgan fingerprint density at radius 1 is 1.36 bits per heavy atom. The van der Waals surface area contributed by atoms with Crippen molar-refractivity contribution >= 4 is 35.1 Å². The number of rotatable bonds is 4. The van der Waals surface area contributed by atoms with E-state index in [1.807, 2.05) is 18.2 Å². The minimum atomic E-state index is -0.428. The number of oxazole rings is 1. The van der Waals surface area contributed by atoms with Crippen LogP contribution in [0, 0.1) is 5.41 Å². The van der Waals surface area contributed by atoms with E-state index in [1.165, 1.54) is 0 Å². The first-order valence-electron chi connectivity index (χ1n) is 8.40. The van der Waals surface area contributed by atoms with E-state index >= 15 is 0 Å². The maximum atomic E-state index is 12.3. The normalized spacial score (nSPS) is 20.5. The molecule has 0 bridgehead atoms. The van der Waals surface area contributed by atoms with E-state index in [4.69, 9.17) is 14.9 Å². The van der Waals surface area contributed by atoms with Gasteiger partial charge in [0.1, 0.15) is 11.6 Å². The summed E-state index contributed by atoms with van der Waals surface area (Å²) in [5.41, 5.74) is 7.87. The number of hydrogen-bond donors (Lipinski definition) is 2. The number of carbonyl (C=O) groups excluding carboxylic acids is 1. The molecule has 2 aromatic rings. The van der Waals surface area contributed by atoms with Crippen LogP contribution in [0.25, 0.3) is 11.1 Å². The highest BCUT2D eigenvalue weighted by Gasteiger charge is 2.29. The summed E-state index contributed by atoms with van der Waals surface area (Å²) in [5, 5.41) is 2.89. The van der Waals surface area contributed by atoms with Crippen LogP contribution in [-0.4, -0.2) is 29.6 Å². The predicted molar refractivity (Wildman–Crippen MR) is 100.0 cm³/mol. The number of nitrogens with zero attached hydrogens (tertiary/aromatic N) is 1. The lowest BCUT2D eigenvalue weighted by Crippen LogP contribution is -2.29. The Morgan fingerprint density at radius 2 is 2.12 bits per heavy atom. The Kier molecular flexibility index (Phi) is 6.08. The van der Waals surface area contributed by atoms with E-state index < -0.39 is 6.10 Å². The molecule has 0 aliphatic carbocycles. The molecule has 0 saturated carbocycles. The minimum absolute atomic E-state index is 0. The minimum Gasteiger partial charge on any atom is -0.441 e. The summed E-state index contributed by atoms with van der Waals surface area (Å²) in [6.07, 6.45) is 1.85. The smallest absolute Gasteiger partial charge is 0.253 e. The Hall–Kier alpha value is -1.63. The first-order valence-corrected chi connectivity index (χ1v) is 8.40. The molecule has 3 N–H and O–H groups in total. The summed E-state index contributed by atoms with van der Waals surface area (Å²) in [7, 11) is 0. The summed E-state index contributed by atoms with van der Waals surface area (Å²) in [5.74, 6) is 0.578. The molecule has 138 valence electrons. The van der Waals surface area contributed by atoms with Gasteiger partial charge in [-0.3, -0.25) is 4.79 Å². The van der Waals surface area contributed by atoms with Crippen LogP contribution in [0.2, 0.25) is 0 Å². The number of benzene rings is 1. The Labute approximate surface area is 153 Å². The number of anilines is 1. The van der Waals surface area contributed by atoms with E-state index in [0.717, 1.165) is 23.9 Å². The lowest BCUT2D eigenvalue weighted by atomic mass is 9.92. The highest BCUT2D eigenvalue weighted by molar-refractivity contribution is 5.95.